The third kappa shape index (κ3) is 3.22. The average Bonchev–Trinajstić information content (AvgIpc) is 2.21. The fraction of sp³-hybridized carbons (Fsp3) is 0.538. The van der Waals surface area contributed by atoms with E-state index in [2.05, 4.69) is 44.2 Å². The summed E-state index contributed by atoms with van der Waals surface area (Å²) in [6, 6.07) is 0. The second-order valence-electron chi connectivity index (χ2n) is 3.53. The van der Waals surface area contributed by atoms with E-state index in [4.69, 9.17) is 0 Å². The highest BCUT2D eigenvalue weighted by Gasteiger charge is 2.06. The van der Waals surface area contributed by atoms with Gasteiger partial charge in [-0.1, -0.05) is 44.2 Å². The van der Waals surface area contributed by atoms with Crippen LogP contribution in [-0.2, 0) is 0 Å². The van der Waals surface area contributed by atoms with E-state index in [1.165, 1.54) is 24.8 Å². The Morgan fingerprint density at radius 3 is 2.77 bits per heavy atom. The molecule has 72 valence electrons. The van der Waals surface area contributed by atoms with E-state index in [-0.39, 0.29) is 0 Å². The quantitative estimate of drug-likeness (QED) is 0.561. The van der Waals surface area contributed by atoms with Crippen molar-refractivity contribution >= 4 is 0 Å². The van der Waals surface area contributed by atoms with Gasteiger partial charge in [0, 0.05) is 5.92 Å². The molecular weight excluding hydrogens is 156 g/mol. The Hall–Kier alpha value is -0.780. The van der Waals surface area contributed by atoms with Crippen LogP contribution in [0.4, 0.5) is 0 Å². The van der Waals surface area contributed by atoms with Crippen LogP contribution in [0, 0.1) is 5.92 Å². The van der Waals surface area contributed by atoms with Crippen LogP contribution in [0.1, 0.15) is 39.5 Å². The zero-order valence-corrected chi connectivity index (χ0v) is 8.79. The smallest absolute Gasteiger partial charge is 0.00120 e. The summed E-state index contributed by atoms with van der Waals surface area (Å²) in [4.78, 5) is 0. The first kappa shape index (κ1) is 10.3. The molecule has 0 bridgehead atoms. The van der Waals surface area contributed by atoms with E-state index in [1.807, 2.05) is 0 Å². The molecule has 1 rings (SSSR count). The van der Waals surface area contributed by atoms with E-state index in [0.717, 1.165) is 6.42 Å². The molecule has 0 amide bonds. The minimum Gasteiger partial charge on any atom is -0.0882 e. The van der Waals surface area contributed by atoms with Gasteiger partial charge < -0.3 is 0 Å². The molecule has 0 saturated carbocycles. The number of allylic oxidation sites excluding steroid dienone is 6. The lowest BCUT2D eigenvalue weighted by molar-refractivity contribution is 0.729. The Morgan fingerprint density at radius 2 is 2.23 bits per heavy atom. The van der Waals surface area contributed by atoms with Crippen molar-refractivity contribution in [2.45, 2.75) is 39.5 Å². The summed E-state index contributed by atoms with van der Waals surface area (Å²) < 4.78 is 0. The van der Waals surface area contributed by atoms with Crippen molar-refractivity contribution < 1.29 is 0 Å². The van der Waals surface area contributed by atoms with Crippen LogP contribution in [0.5, 0.6) is 0 Å². The van der Waals surface area contributed by atoms with Crippen LogP contribution in [0.25, 0.3) is 0 Å². The standard InChI is InChI=1S/C13H20/c1-3-5-9-12(4-2)13-10-7-6-8-11-13/h5,7,9-12H,3-4,6,8H2,1-2H3/b9-5-. The van der Waals surface area contributed by atoms with Crippen LogP contribution in [0.3, 0.4) is 0 Å². The maximum Gasteiger partial charge on any atom is 0.00120 e. The molecule has 1 aliphatic carbocycles. The molecule has 0 radical (unpaired) electrons. The Kier molecular flexibility index (Phi) is 4.59. The van der Waals surface area contributed by atoms with E-state index in [9.17, 15) is 0 Å². The van der Waals surface area contributed by atoms with Gasteiger partial charge in [-0.3, -0.25) is 0 Å². The minimum absolute atomic E-state index is 0.650. The van der Waals surface area contributed by atoms with Gasteiger partial charge in [0.25, 0.3) is 0 Å². The molecule has 0 spiro atoms. The van der Waals surface area contributed by atoms with E-state index >= 15 is 0 Å². The van der Waals surface area contributed by atoms with Gasteiger partial charge in [-0.15, -0.1) is 0 Å². The van der Waals surface area contributed by atoms with Crippen molar-refractivity contribution in [3.8, 4) is 0 Å². The van der Waals surface area contributed by atoms with Crippen molar-refractivity contribution in [2.24, 2.45) is 5.92 Å². The van der Waals surface area contributed by atoms with Gasteiger partial charge >= 0.3 is 0 Å². The topological polar surface area (TPSA) is 0 Å². The summed E-state index contributed by atoms with van der Waals surface area (Å²) in [5, 5.41) is 0. The lowest BCUT2D eigenvalue weighted by Gasteiger charge is -2.14. The molecule has 0 aromatic carbocycles. The average molecular weight is 176 g/mol. The first-order chi connectivity index (χ1) is 6.38. The van der Waals surface area contributed by atoms with Crippen molar-refractivity contribution in [2.75, 3.05) is 0 Å². The molecule has 1 aliphatic rings. The Morgan fingerprint density at radius 1 is 1.38 bits per heavy atom. The molecule has 0 heteroatoms. The van der Waals surface area contributed by atoms with Crippen LogP contribution >= 0.6 is 0 Å². The minimum atomic E-state index is 0.650. The highest BCUT2D eigenvalue weighted by atomic mass is 14.1. The lowest BCUT2D eigenvalue weighted by atomic mass is 9.91. The number of hydrogen-bond acceptors (Lipinski definition) is 0. The first-order valence-corrected chi connectivity index (χ1v) is 5.41. The van der Waals surface area contributed by atoms with Crippen molar-refractivity contribution in [3.63, 3.8) is 0 Å². The summed E-state index contributed by atoms with van der Waals surface area (Å²) in [6.45, 7) is 4.45. The Balaban J connectivity index is 2.60. The normalized spacial score (nSPS) is 19.1. The van der Waals surface area contributed by atoms with Crippen LogP contribution in [-0.4, -0.2) is 0 Å². The maximum absolute atomic E-state index is 2.38. The lowest BCUT2D eigenvalue weighted by Crippen LogP contribution is -1.99. The predicted octanol–water partition coefficient (Wildman–Crippen LogP) is 4.26. The van der Waals surface area contributed by atoms with Gasteiger partial charge in [-0.25, -0.2) is 0 Å². The fourth-order valence-electron chi connectivity index (χ4n) is 1.69. The van der Waals surface area contributed by atoms with Crippen LogP contribution < -0.4 is 0 Å². The molecule has 0 aromatic rings. The van der Waals surface area contributed by atoms with E-state index in [0.29, 0.717) is 5.92 Å². The molecule has 1 unspecified atom stereocenters. The van der Waals surface area contributed by atoms with Gasteiger partial charge in [0.1, 0.15) is 0 Å². The Labute approximate surface area is 82.0 Å². The molecule has 0 aromatic heterocycles. The van der Waals surface area contributed by atoms with E-state index < -0.39 is 0 Å². The predicted molar refractivity (Wildman–Crippen MR) is 59.7 cm³/mol. The third-order valence-corrected chi connectivity index (χ3v) is 2.50. The summed E-state index contributed by atoms with van der Waals surface area (Å²) in [5.74, 6) is 0.650. The second kappa shape index (κ2) is 5.80. The van der Waals surface area contributed by atoms with Crippen molar-refractivity contribution in [1.82, 2.24) is 0 Å². The summed E-state index contributed by atoms with van der Waals surface area (Å²) in [5.41, 5.74) is 1.51. The second-order valence-corrected chi connectivity index (χ2v) is 3.53. The summed E-state index contributed by atoms with van der Waals surface area (Å²) in [6.07, 6.45) is 16.4. The van der Waals surface area contributed by atoms with Gasteiger partial charge in [0.05, 0.1) is 0 Å². The number of hydrogen-bond donors (Lipinski definition) is 0. The molecular formula is C13H20. The highest BCUT2D eigenvalue weighted by Crippen LogP contribution is 2.22. The monoisotopic (exact) mass is 176 g/mol. The fourth-order valence-corrected chi connectivity index (χ4v) is 1.69. The first-order valence-electron chi connectivity index (χ1n) is 5.41. The zero-order valence-electron chi connectivity index (χ0n) is 8.79. The van der Waals surface area contributed by atoms with Crippen molar-refractivity contribution in [1.29, 1.82) is 0 Å². The third-order valence-electron chi connectivity index (χ3n) is 2.50. The molecule has 0 saturated heterocycles. The molecule has 1 atom stereocenters. The Bertz CT molecular complexity index is 218. The highest BCUT2D eigenvalue weighted by molar-refractivity contribution is 5.27. The molecule has 0 nitrogen and oxygen atoms in total. The molecule has 13 heavy (non-hydrogen) atoms. The maximum atomic E-state index is 2.38. The molecule has 0 heterocycles. The molecule has 0 N–H and O–H groups in total. The van der Waals surface area contributed by atoms with Crippen LogP contribution in [0.2, 0.25) is 0 Å². The zero-order chi connectivity index (χ0) is 9.52. The van der Waals surface area contributed by atoms with Gasteiger partial charge in [-0.05, 0) is 31.3 Å². The number of rotatable bonds is 4. The summed E-state index contributed by atoms with van der Waals surface area (Å²) >= 11 is 0. The van der Waals surface area contributed by atoms with Gasteiger partial charge in [0.15, 0.2) is 0 Å². The largest absolute Gasteiger partial charge is 0.0882 e. The van der Waals surface area contributed by atoms with E-state index in [1.54, 1.807) is 0 Å². The van der Waals surface area contributed by atoms with Gasteiger partial charge in [0.2, 0.25) is 0 Å². The van der Waals surface area contributed by atoms with Gasteiger partial charge in [-0.2, -0.15) is 0 Å². The summed E-state index contributed by atoms with van der Waals surface area (Å²) in [7, 11) is 0. The molecule has 0 fully saturated rings. The van der Waals surface area contributed by atoms with Crippen molar-refractivity contribution in [3.05, 3.63) is 36.0 Å². The SMILES string of the molecule is CC/C=C\C(CC)C1=CCCC=C1. The van der Waals surface area contributed by atoms with Crippen LogP contribution in [0.15, 0.2) is 36.0 Å². The molecule has 0 aliphatic heterocycles.